The third-order valence-electron chi connectivity index (χ3n) is 7.52. The van der Waals surface area contributed by atoms with Gasteiger partial charge in [0.15, 0.2) is 5.75 Å². The molecule has 1 N–H and O–H groups in total. The normalized spacial score (nSPS) is 22.8. The molecule has 158 valence electrons. The van der Waals surface area contributed by atoms with Crippen molar-refractivity contribution in [1.82, 2.24) is 4.98 Å². The molecule has 1 aromatic heterocycles. The second-order valence-electron chi connectivity index (χ2n) is 8.97. The predicted octanol–water partition coefficient (Wildman–Crippen LogP) is 5.47. The molecule has 1 saturated carbocycles. The van der Waals surface area contributed by atoms with Crippen molar-refractivity contribution >= 4 is 28.5 Å². The van der Waals surface area contributed by atoms with E-state index >= 15 is 0 Å². The summed E-state index contributed by atoms with van der Waals surface area (Å²) in [4.78, 5) is 10.3. The van der Waals surface area contributed by atoms with Gasteiger partial charge in [-0.05, 0) is 25.0 Å². The van der Waals surface area contributed by atoms with Crippen LogP contribution in [0.15, 0.2) is 47.6 Å². The van der Waals surface area contributed by atoms with Gasteiger partial charge in [-0.15, -0.1) is 0 Å². The van der Waals surface area contributed by atoms with Gasteiger partial charge in [0, 0.05) is 22.5 Å². The van der Waals surface area contributed by atoms with Gasteiger partial charge in [-0.2, -0.15) is 10.5 Å². The number of anilines is 1. The van der Waals surface area contributed by atoms with Crippen LogP contribution in [0.3, 0.4) is 0 Å². The van der Waals surface area contributed by atoms with E-state index in [1.165, 1.54) is 18.4 Å². The van der Waals surface area contributed by atoms with E-state index in [2.05, 4.69) is 28.1 Å². The SMILES string of the molecule is N#CCN1c2[nH]ccc2C2(CCCCCC2)C12C=Nc1cc(C#N)c3ccccc3c1O2. The van der Waals surface area contributed by atoms with E-state index in [1.54, 1.807) is 0 Å². The highest BCUT2D eigenvalue weighted by molar-refractivity contribution is 6.00. The number of nitrogens with one attached hydrogen (secondary N) is 1. The van der Waals surface area contributed by atoms with Gasteiger partial charge in [-0.3, -0.25) is 4.99 Å². The minimum Gasteiger partial charge on any atom is -0.459 e. The van der Waals surface area contributed by atoms with Crippen LogP contribution >= 0.6 is 0 Å². The molecule has 3 heterocycles. The second kappa shape index (κ2) is 6.87. The van der Waals surface area contributed by atoms with Gasteiger partial charge >= 0.3 is 0 Å². The lowest BCUT2D eigenvalue weighted by Gasteiger charge is -2.48. The first-order chi connectivity index (χ1) is 15.7. The summed E-state index contributed by atoms with van der Waals surface area (Å²) in [6.07, 6.45) is 10.5. The summed E-state index contributed by atoms with van der Waals surface area (Å²) in [7, 11) is 0. The van der Waals surface area contributed by atoms with Crippen LogP contribution < -0.4 is 9.64 Å². The van der Waals surface area contributed by atoms with Crippen molar-refractivity contribution < 1.29 is 4.74 Å². The van der Waals surface area contributed by atoms with E-state index in [1.807, 2.05) is 42.7 Å². The quantitative estimate of drug-likeness (QED) is 0.528. The van der Waals surface area contributed by atoms with Crippen molar-refractivity contribution in [2.75, 3.05) is 11.4 Å². The number of aromatic nitrogens is 1. The molecule has 1 fully saturated rings. The minimum absolute atomic E-state index is 0.199. The number of ether oxygens (including phenoxy) is 1. The average molecular weight is 422 g/mol. The van der Waals surface area contributed by atoms with Crippen molar-refractivity contribution in [2.45, 2.75) is 49.7 Å². The van der Waals surface area contributed by atoms with Crippen LogP contribution in [0.25, 0.3) is 10.8 Å². The number of hydrogen-bond acceptors (Lipinski definition) is 5. The van der Waals surface area contributed by atoms with E-state index in [0.29, 0.717) is 17.0 Å². The fraction of sp³-hybridized carbons (Fsp3) is 0.346. The lowest BCUT2D eigenvalue weighted by Crippen LogP contribution is -2.64. The molecule has 2 spiro atoms. The van der Waals surface area contributed by atoms with Gasteiger partial charge in [0.2, 0.25) is 5.72 Å². The summed E-state index contributed by atoms with van der Waals surface area (Å²) >= 11 is 0. The van der Waals surface area contributed by atoms with Crippen molar-refractivity contribution in [3.8, 4) is 17.9 Å². The zero-order valence-corrected chi connectivity index (χ0v) is 17.8. The fourth-order valence-corrected chi connectivity index (χ4v) is 6.13. The molecule has 1 atom stereocenters. The van der Waals surface area contributed by atoms with Gasteiger partial charge in [-0.25, -0.2) is 0 Å². The summed E-state index contributed by atoms with van der Waals surface area (Å²) in [6, 6.07) is 16.5. The number of rotatable bonds is 1. The molecule has 0 bridgehead atoms. The van der Waals surface area contributed by atoms with Gasteiger partial charge < -0.3 is 14.6 Å². The Labute approximate surface area is 186 Å². The number of aromatic amines is 1. The summed E-state index contributed by atoms with van der Waals surface area (Å²) in [6.45, 7) is 0.199. The Bertz CT molecular complexity index is 1330. The molecule has 3 aliphatic rings. The summed E-state index contributed by atoms with van der Waals surface area (Å²) in [5.41, 5.74) is 1.32. The monoisotopic (exact) mass is 421 g/mol. The number of nitriles is 2. The van der Waals surface area contributed by atoms with Crippen LogP contribution in [0, 0.1) is 22.7 Å². The molecule has 3 aromatic rings. The van der Waals surface area contributed by atoms with Gasteiger partial charge in [0.25, 0.3) is 0 Å². The van der Waals surface area contributed by atoms with E-state index in [-0.39, 0.29) is 12.0 Å². The number of fused-ring (bicyclic) bond motifs is 6. The molecule has 6 rings (SSSR count). The van der Waals surface area contributed by atoms with E-state index in [9.17, 15) is 10.5 Å². The van der Waals surface area contributed by atoms with Gasteiger partial charge in [0.05, 0.1) is 29.3 Å². The number of aliphatic imine (C=N–C) groups is 1. The first kappa shape index (κ1) is 19.0. The second-order valence-corrected chi connectivity index (χ2v) is 8.97. The number of H-pyrrole nitrogens is 1. The molecule has 0 saturated heterocycles. The van der Waals surface area contributed by atoms with Crippen LogP contribution in [0.5, 0.6) is 5.75 Å². The Morgan fingerprint density at radius 2 is 1.84 bits per heavy atom. The molecule has 2 aromatic carbocycles. The predicted molar refractivity (Wildman–Crippen MR) is 123 cm³/mol. The lowest BCUT2D eigenvalue weighted by atomic mass is 9.69. The number of hydrogen-bond donors (Lipinski definition) is 1. The largest absolute Gasteiger partial charge is 0.459 e. The third kappa shape index (κ3) is 2.30. The summed E-state index contributed by atoms with van der Waals surface area (Å²) in [5.74, 6) is 1.65. The molecule has 6 nitrogen and oxygen atoms in total. The van der Waals surface area contributed by atoms with Crippen LogP contribution in [0.4, 0.5) is 11.5 Å². The zero-order chi connectivity index (χ0) is 21.8. The number of benzene rings is 2. The zero-order valence-electron chi connectivity index (χ0n) is 17.8. The first-order valence-electron chi connectivity index (χ1n) is 11.3. The van der Waals surface area contributed by atoms with Gasteiger partial charge in [-0.1, -0.05) is 49.9 Å². The minimum atomic E-state index is -0.876. The Hall–Kier alpha value is -3.77. The maximum atomic E-state index is 9.74. The molecular formula is C26H23N5O. The van der Waals surface area contributed by atoms with E-state index in [0.717, 1.165) is 42.3 Å². The van der Waals surface area contributed by atoms with Crippen LogP contribution in [0.2, 0.25) is 0 Å². The first-order valence-corrected chi connectivity index (χ1v) is 11.3. The topological polar surface area (TPSA) is 88.2 Å². The lowest BCUT2D eigenvalue weighted by molar-refractivity contribution is 0.0522. The molecule has 0 amide bonds. The maximum absolute atomic E-state index is 9.74. The Morgan fingerprint density at radius 3 is 2.59 bits per heavy atom. The average Bonchev–Trinajstić information content (AvgIpc) is 3.26. The van der Waals surface area contributed by atoms with E-state index < -0.39 is 5.72 Å². The van der Waals surface area contributed by atoms with Crippen molar-refractivity contribution in [2.24, 2.45) is 4.99 Å². The highest BCUT2D eigenvalue weighted by atomic mass is 16.5. The third-order valence-corrected chi connectivity index (χ3v) is 7.52. The highest BCUT2D eigenvalue weighted by Gasteiger charge is 2.64. The standard InChI is InChI=1S/C26H23N5O/c27-12-14-31-24-21(9-13-29-24)25(10-5-1-2-6-11-25)26(31)17-30-22-15-18(16-28)19-7-3-4-8-20(19)23(22)32-26/h3-4,7-9,13,15,17,29H,1-2,5-6,10-11,14H2. The van der Waals surface area contributed by atoms with Crippen LogP contribution in [0.1, 0.15) is 49.7 Å². The molecular weight excluding hydrogens is 398 g/mol. The molecule has 2 aliphatic heterocycles. The Morgan fingerprint density at radius 1 is 1.06 bits per heavy atom. The Kier molecular flexibility index (Phi) is 4.07. The van der Waals surface area contributed by atoms with E-state index in [4.69, 9.17) is 9.73 Å². The Balaban J connectivity index is 1.62. The molecule has 1 aliphatic carbocycles. The summed E-state index contributed by atoms with van der Waals surface area (Å²) in [5, 5.41) is 21.2. The van der Waals surface area contributed by atoms with Crippen LogP contribution in [-0.4, -0.2) is 23.5 Å². The van der Waals surface area contributed by atoms with Gasteiger partial charge in [0.1, 0.15) is 18.1 Å². The molecule has 0 radical (unpaired) electrons. The van der Waals surface area contributed by atoms with Crippen molar-refractivity contribution in [1.29, 1.82) is 10.5 Å². The maximum Gasteiger partial charge on any atom is 0.231 e. The fourth-order valence-electron chi connectivity index (χ4n) is 6.13. The molecule has 6 heteroatoms. The number of nitrogens with zero attached hydrogens (tertiary/aromatic N) is 4. The van der Waals surface area contributed by atoms with Crippen molar-refractivity contribution in [3.05, 3.63) is 53.7 Å². The smallest absolute Gasteiger partial charge is 0.231 e. The highest BCUT2D eigenvalue weighted by Crippen LogP contribution is 2.59. The molecule has 32 heavy (non-hydrogen) atoms. The van der Waals surface area contributed by atoms with Crippen molar-refractivity contribution in [3.63, 3.8) is 0 Å². The molecule has 1 unspecified atom stereocenters. The van der Waals surface area contributed by atoms with Crippen LogP contribution in [-0.2, 0) is 5.41 Å². The summed E-state index contributed by atoms with van der Waals surface area (Å²) < 4.78 is 7.04.